The lowest BCUT2D eigenvalue weighted by Gasteiger charge is -2.25. The topological polar surface area (TPSA) is 93.8 Å². The highest BCUT2D eigenvalue weighted by atomic mass is 16.6. The van der Waals surface area contributed by atoms with E-state index in [-0.39, 0.29) is 19.8 Å². The first kappa shape index (κ1) is 16.1. The first-order valence-electron chi connectivity index (χ1n) is 6.63. The van der Waals surface area contributed by atoms with Crippen LogP contribution in [-0.2, 0) is 14.4 Å². The Hall–Kier alpha value is -0.950. The smallest absolute Gasteiger partial charge is 0.245 e. The van der Waals surface area contributed by atoms with Crippen molar-refractivity contribution >= 4 is 5.91 Å². The van der Waals surface area contributed by atoms with Gasteiger partial charge in [-0.2, -0.15) is 5.48 Å². The summed E-state index contributed by atoms with van der Waals surface area (Å²) in [5.74, 6) is 0.591. The Morgan fingerprint density at radius 3 is 2.95 bits per heavy atom. The van der Waals surface area contributed by atoms with Gasteiger partial charge in [0, 0.05) is 6.54 Å². The van der Waals surface area contributed by atoms with Gasteiger partial charge in [-0.15, -0.1) is 0 Å². The summed E-state index contributed by atoms with van der Waals surface area (Å²) in [7, 11) is 0. The molecule has 0 radical (unpaired) electrons. The summed E-state index contributed by atoms with van der Waals surface area (Å²) in [6.07, 6.45) is 5.86. The molecular formula is C13H24N2O4. The van der Waals surface area contributed by atoms with E-state index in [1.54, 1.807) is 0 Å². The number of rotatable bonds is 9. The zero-order valence-corrected chi connectivity index (χ0v) is 11.4. The number of amides is 1. The quantitative estimate of drug-likeness (QED) is 0.311. The normalized spacial score (nSPS) is 24.3. The van der Waals surface area contributed by atoms with Gasteiger partial charge in [0.15, 0.2) is 0 Å². The van der Waals surface area contributed by atoms with E-state index in [0.717, 1.165) is 12.8 Å². The number of carbonyl (C=O) groups excluding carboxylic acids is 1. The van der Waals surface area contributed by atoms with E-state index in [9.17, 15) is 9.90 Å². The summed E-state index contributed by atoms with van der Waals surface area (Å²) in [4.78, 5) is 15.1. The van der Waals surface area contributed by atoms with Crippen LogP contribution < -0.4 is 11.2 Å². The predicted molar refractivity (Wildman–Crippen MR) is 71.0 cm³/mol. The van der Waals surface area contributed by atoms with Gasteiger partial charge in [0.1, 0.15) is 6.61 Å². The second kappa shape index (κ2) is 9.03. The number of primary amides is 1. The van der Waals surface area contributed by atoms with Gasteiger partial charge in [-0.3, -0.25) is 9.63 Å². The summed E-state index contributed by atoms with van der Waals surface area (Å²) in [5, 5.41) is 9.61. The van der Waals surface area contributed by atoms with Gasteiger partial charge < -0.3 is 15.6 Å². The van der Waals surface area contributed by atoms with E-state index >= 15 is 0 Å². The Balaban J connectivity index is 2.02. The van der Waals surface area contributed by atoms with Crippen LogP contribution in [0.15, 0.2) is 12.2 Å². The predicted octanol–water partition coefficient (Wildman–Crippen LogP) is -0.0273. The fourth-order valence-corrected chi connectivity index (χ4v) is 1.93. The van der Waals surface area contributed by atoms with Crippen LogP contribution in [-0.4, -0.2) is 43.5 Å². The van der Waals surface area contributed by atoms with Crippen molar-refractivity contribution in [1.29, 1.82) is 0 Å². The second-order valence-corrected chi connectivity index (χ2v) is 4.97. The van der Waals surface area contributed by atoms with Crippen LogP contribution in [0.4, 0.5) is 0 Å². The van der Waals surface area contributed by atoms with Crippen molar-refractivity contribution in [3.8, 4) is 0 Å². The molecule has 1 aliphatic carbocycles. The minimum Gasteiger partial charge on any atom is -0.389 e. The van der Waals surface area contributed by atoms with Crippen molar-refractivity contribution in [3.63, 3.8) is 0 Å². The maximum absolute atomic E-state index is 10.4. The second-order valence-electron chi connectivity index (χ2n) is 4.97. The lowest BCUT2D eigenvalue weighted by atomic mass is 9.85. The number of hydrogen-bond donors (Lipinski definition) is 3. The van der Waals surface area contributed by atoms with Crippen LogP contribution in [0.25, 0.3) is 0 Å². The lowest BCUT2D eigenvalue weighted by molar-refractivity contribution is -0.126. The number of ether oxygens (including phenoxy) is 1. The van der Waals surface area contributed by atoms with E-state index in [1.807, 2.05) is 0 Å². The van der Waals surface area contributed by atoms with E-state index in [4.69, 9.17) is 15.3 Å². The minimum absolute atomic E-state index is 0.202. The third-order valence-corrected chi connectivity index (χ3v) is 3.20. The Morgan fingerprint density at radius 1 is 1.53 bits per heavy atom. The molecule has 1 amide bonds. The van der Waals surface area contributed by atoms with E-state index in [1.165, 1.54) is 0 Å². The fraction of sp³-hybridized carbons (Fsp3) is 0.769. The molecule has 0 bridgehead atoms. The van der Waals surface area contributed by atoms with Gasteiger partial charge in [0.2, 0.25) is 5.91 Å². The van der Waals surface area contributed by atoms with Crippen LogP contribution >= 0.6 is 0 Å². The highest BCUT2D eigenvalue weighted by molar-refractivity contribution is 5.74. The molecule has 0 spiro atoms. The fourth-order valence-electron chi connectivity index (χ4n) is 1.93. The van der Waals surface area contributed by atoms with Crippen LogP contribution in [0, 0.1) is 11.8 Å². The zero-order valence-electron chi connectivity index (χ0n) is 11.4. The number of carbonyl (C=O) groups is 1. The van der Waals surface area contributed by atoms with E-state index in [2.05, 4.69) is 24.6 Å². The Labute approximate surface area is 113 Å². The van der Waals surface area contributed by atoms with Gasteiger partial charge in [-0.05, 0) is 24.7 Å². The molecule has 4 N–H and O–H groups in total. The van der Waals surface area contributed by atoms with Crippen molar-refractivity contribution in [1.82, 2.24) is 5.48 Å². The first-order chi connectivity index (χ1) is 9.09. The highest BCUT2D eigenvalue weighted by Crippen LogP contribution is 2.24. The molecule has 0 saturated carbocycles. The van der Waals surface area contributed by atoms with E-state index in [0.29, 0.717) is 18.4 Å². The maximum Gasteiger partial charge on any atom is 0.245 e. The molecule has 19 heavy (non-hydrogen) atoms. The highest BCUT2D eigenvalue weighted by Gasteiger charge is 2.18. The largest absolute Gasteiger partial charge is 0.389 e. The summed E-state index contributed by atoms with van der Waals surface area (Å²) in [6.45, 7) is 3.12. The van der Waals surface area contributed by atoms with Crippen molar-refractivity contribution in [2.24, 2.45) is 17.6 Å². The van der Waals surface area contributed by atoms with Crippen molar-refractivity contribution in [2.75, 3.05) is 26.4 Å². The van der Waals surface area contributed by atoms with Crippen molar-refractivity contribution in [3.05, 3.63) is 12.2 Å². The van der Waals surface area contributed by atoms with E-state index < -0.39 is 12.0 Å². The van der Waals surface area contributed by atoms with Crippen LogP contribution in [0.3, 0.4) is 0 Å². The molecule has 0 aromatic carbocycles. The zero-order chi connectivity index (χ0) is 14.1. The lowest BCUT2D eigenvalue weighted by Crippen LogP contribution is -2.33. The number of aliphatic hydroxyl groups excluding tert-OH is 1. The Kier molecular flexibility index (Phi) is 7.66. The molecule has 6 nitrogen and oxygen atoms in total. The number of hydrogen-bond acceptors (Lipinski definition) is 5. The minimum atomic E-state index is -0.665. The molecule has 0 aromatic heterocycles. The average molecular weight is 272 g/mol. The summed E-state index contributed by atoms with van der Waals surface area (Å²) >= 11 is 0. The number of nitrogens with two attached hydrogens (primary N) is 1. The molecule has 1 rings (SSSR count). The van der Waals surface area contributed by atoms with Crippen LogP contribution in [0.2, 0.25) is 0 Å². The molecule has 0 aliphatic heterocycles. The molecule has 3 unspecified atom stereocenters. The van der Waals surface area contributed by atoms with Crippen molar-refractivity contribution in [2.45, 2.75) is 25.9 Å². The molecule has 6 heteroatoms. The average Bonchev–Trinajstić information content (AvgIpc) is 2.37. The summed E-state index contributed by atoms with van der Waals surface area (Å²) in [6, 6.07) is 0. The number of nitrogens with one attached hydrogen (secondary N) is 1. The van der Waals surface area contributed by atoms with Gasteiger partial charge >= 0.3 is 0 Å². The maximum atomic E-state index is 10.4. The van der Waals surface area contributed by atoms with Gasteiger partial charge in [0.25, 0.3) is 0 Å². The summed E-state index contributed by atoms with van der Waals surface area (Å²) < 4.78 is 5.51. The molecular weight excluding hydrogens is 248 g/mol. The van der Waals surface area contributed by atoms with Crippen LogP contribution in [0.1, 0.15) is 19.8 Å². The molecule has 0 saturated heterocycles. The van der Waals surface area contributed by atoms with Gasteiger partial charge in [0.05, 0.1) is 19.3 Å². The molecule has 0 aromatic rings. The SMILES string of the molecule is CC1CC=CCC1COCC(O)CNOCC(N)=O. The first-order valence-corrected chi connectivity index (χ1v) is 6.63. The van der Waals surface area contributed by atoms with Crippen molar-refractivity contribution < 1.29 is 19.5 Å². The monoisotopic (exact) mass is 272 g/mol. The molecule has 110 valence electrons. The van der Waals surface area contributed by atoms with Crippen LogP contribution in [0.5, 0.6) is 0 Å². The number of allylic oxidation sites excluding steroid dienone is 2. The summed E-state index contributed by atoms with van der Waals surface area (Å²) in [5.41, 5.74) is 7.36. The molecule has 1 aliphatic rings. The Bertz CT molecular complexity index is 296. The number of hydroxylamine groups is 1. The molecule has 0 heterocycles. The third-order valence-electron chi connectivity index (χ3n) is 3.20. The van der Waals surface area contributed by atoms with Gasteiger partial charge in [-0.1, -0.05) is 19.1 Å². The standard InChI is InChI=1S/C13H24N2O4/c1-10-4-2-3-5-11(10)7-18-8-12(16)6-15-19-9-13(14)17/h2-3,10-12,15-16H,4-9H2,1H3,(H2,14,17). The molecule has 3 atom stereocenters. The third kappa shape index (κ3) is 7.27. The number of aliphatic hydroxyl groups is 1. The molecule has 0 fully saturated rings. The van der Waals surface area contributed by atoms with Gasteiger partial charge in [-0.25, -0.2) is 0 Å². The Morgan fingerprint density at radius 2 is 2.26 bits per heavy atom.